The van der Waals surface area contributed by atoms with Crippen LogP contribution in [0.15, 0.2) is 76.6 Å². The minimum absolute atomic E-state index is 0.0332. The largest absolute Gasteiger partial charge is 0.379 e. The lowest BCUT2D eigenvalue weighted by molar-refractivity contribution is 0.494. The van der Waals surface area contributed by atoms with Crippen LogP contribution in [0.2, 0.25) is 5.02 Å². The molecule has 0 aliphatic rings. The van der Waals surface area contributed by atoms with Gasteiger partial charge in [-0.05, 0) is 86.2 Å². The number of fused-ring (bicyclic) bond motifs is 1. The van der Waals surface area contributed by atoms with E-state index >= 15 is 4.39 Å². The van der Waals surface area contributed by atoms with E-state index in [9.17, 15) is 9.59 Å². The maximum atomic E-state index is 15.2. The summed E-state index contributed by atoms with van der Waals surface area (Å²) in [5, 5.41) is 17.6. The summed E-state index contributed by atoms with van der Waals surface area (Å²) in [4.78, 5) is 35.1. The van der Waals surface area contributed by atoms with Crippen molar-refractivity contribution in [1.29, 1.82) is 5.41 Å². The van der Waals surface area contributed by atoms with E-state index < -0.39 is 11.5 Å². The van der Waals surface area contributed by atoms with Crippen molar-refractivity contribution in [2.75, 3.05) is 18.4 Å². The zero-order chi connectivity index (χ0) is 34.2. The second-order valence-corrected chi connectivity index (χ2v) is 12.3. The van der Waals surface area contributed by atoms with Crippen LogP contribution in [0.4, 0.5) is 10.1 Å². The van der Waals surface area contributed by atoms with Gasteiger partial charge in [-0.2, -0.15) is 4.98 Å². The summed E-state index contributed by atoms with van der Waals surface area (Å²) in [6.07, 6.45) is 6.31. The molecular formula is C34H40ClFN10O2. The lowest BCUT2D eigenvalue weighted by Crippen LogP contribution is -2.40. The van der Waals surface area contributed by atoms with Crippen molar-refractivity contribution in [2.24, 2.45) is 11.5 Å². The normalized spacial score (nSPS) is 12.6. The van der Waals surface area contributed by atoms with Crippen LogP contribution in [0.25, 0.3) is 28.0 Å². The van der Waals surface area contributed by atoms with Gasteiger partial charge in [0.15, 0.2) is 11.8 Å². The fourth-order valence-corrected chi connectivity index (χ4v) is 5.67. The molecular weight excluding hydrogens is 635 g/mol. The molecule has 0 aliphatic heterocycles. The second kappa shape index (κ2) is 15.7. The van der Waals surface area contributed by atoms with Gasteiger partial charge >= 0.3 is 5.69 Å². The number of hydrogen-bond acceptors (Lipinski definition) is 7. The van der Waals surface area contributed by atoms with Gasteiger partial charge in [0, 0.05) is 55.1 Å². The Morgan fingerprint density at radius 2 is 1.92 bits per heavy atom. The molecule has 0 unspecified atom stereocenters. The lowest BCUT2D eigenvalue weighted by atomic mass is 10.0. The first-order chi connectivity index (χ1) is 23.1. The molecule has 0 spiro atoms. The summed E-state index contributed by atoms with van der Waals surface area (Å²) in [6, 6.07) is 16.2. The number of pyridine rings is 1. The number of hydrogen-bond donors (Lipinski definition) is 8. The van der Waals surface area contributed by atoms with Crippen LogP contribution in [0.5, 0.6) is 0 Å². The van der Waals surface area contributed by atoms with Crippen LogP contribution < -0.4 is 38.7 Å². The van der Waals surface area contributed by atoms with Crippen molar-refractivity contribution in [3.63, 3.8) is 0 Å². The first kappa shape index (κ1) is 34.4. The second-order valence-electron chi connectivity index (χ2n) is 11.9. The molecule has 0 saturated carbocycles. The van der Waals surface area contributed by atoms with Gasteiger partial charge in [-0.3, -0.25) is 14.8 Å². The summed E-state index contributed by atoms with van der Waals surface area (Å²) < 4.78 is 16.6. The molecule has 0 amide bonds. The summed E-state index contributed by atoms with van der Waals surface area (Å²) >= 11 is 6.25. The fraction of sp³-hybridized carbons (Fsp3) is 0.294. The highest BCUT2D eigenvalue weighted by Gasteiger charge is 2.16. The molecule has 0 bridgehead atoms. The monoisotopic (exact) mass is 674 g/mol. The first-order valence-electron chi connectivity index (χ1n) is 15.8. The summed E-state index contributed by atoms with van der Waals surface area (Å²) in [6.45, 7) is 3.43. The molecule has 2 atom stereocenters. The Kier molecular flexibility index (Phi) is 11.3. The van der Waals surface area contributed by atoms with Crippen LogP contribution in [-0.4, -0.2) is 50.7 Å². The molecule has 3 heterocycles. The molecule has 0 radical (unpaired) electrons. The van der Waals surface area contributed by atoms with E-state index in [-0.39, 0.29) is 28.6 Å². The van der Waals surface area contributed by atoms with Crippen molar-refractivity contribution in [3.05, 3.63) is 110 Å². The van der Waals surface area contributed by atoms with Crippen molar-refractivity contribution >= 4 is 34.3 Å². The number of nitrogens with one attached hydrogen (secondary N) is 6. The van der Waals surface area contributed by atoms with Crippen molar-refractivity contribution in [3.8, 4) is 16.9 Å². The first-order valence-corrected chi connectivity index (χ1v) is 16.1. The van der Waals surface area contributed by atoms with E-state index in [4.69, 9.17) is 28.5 Å². The van der Waals surface area contributed by atoms with Gasteiger partial charge in [-0.25, -0.2) is 9.18 Å². The maximum Gasteiger partial charge on any atom is 0.354 e. The third-order valence-corrected chi connectivity index (χ3v) is 8.26. The quantitative estimate of drug-likeness (QED) is 0.0603. The Morgan fingerprint density at radius 3 is 2.65 bits per heavy atom. The van der Waals surface area contributed by atoms with Gasteiger partial charge in [-0.1, -0.05) is 23.7 Å². The van der Waals surface area contributed by atoms with Crippen LogP contribution in [0.1, 0.15) is 37.3 Å². The Balaban J connectivity index is 1.29. The van der Waals surface area contributed by atoms with E-state index in [1.54, 1.807) is 42.7 Å². The summed E-state index contributed by atoms with van der Waals surface area (Å²) in [7, 11) is 0. The van der Waals surface area contributed by atoms with Crippen molar-refractivity contribution in [2.45, 2.75) is 51.2 Å². The molecule has 12 nitrogen and oxygen atoms in total. The summed E-state index contributed by atoms with van der Waals surface area (Å²) in [5.41, 5.74) is 14.7. The minimum atomic E-state index is -0.541. The Bertz CT molecular complexity index is 1990. The molecule has 0 aliphatic carbocycles. The number of halogens is 2. The average molecular weight is 675 g/mol. The molecule has 14 heteroatoms. The molecule has 10 N–H and O–H groups in total. The van der Waals surface area contributed by atoms with Crippen molar-refractivity contribution in [1.82, 2.24) is 30.2 Å². The standard InChI is InChI=1S/C34H40ClFN10O2/c1-20(37)4-2-5-22-14-26(30(36)27(35)15-22)29-16-23-19-46(34(48)45-31(23)44-29)25-9-7-21(8-10-25)17-42-24(11-13-41-33(38)39)18-43-28-6-3-12-40-32(28)47/h3,6-10,12,14-16,19-20,24,42-43H,2,4-5,11,13,17-18,37H2,1H3,(H,40,47)(H4,38,39,41)(H,44,45,48)/t20-,24+/m0/s1. The number of rotatable bonds is 15. The van der Waals surface area contributed by atoms with Gasteiger partial charge in [-0.15, -0.1) is 0 Å². The van der Waals surface area contributed by atoms with Crippen LogP contribution in [-0.2, 0) is 13.0 Å². The van der Waals surface area contributed by atoms with E-state index in [2.05, 4.69) is 30.9 Å². The third-order valence-electron chi connectivity index (χ3n) is 7.99. The minimum Gasteiger partial charge on any atom is -0.379 e. The zero-order valence-electron chi connectivity index (χ0n) is 26.6. The van der Waals surface area contributed by atoms with Gasteiger partial charge in [0.1, 0.15) is 11.3 Å². The molecule has 5 rings (SSSR count). The number of aromatic nitrogens is 4. The molecule has 0 fully saturated rings. The highest BCUT2D eigenvalue weighted by Crippen LogP contribution is 2.31. The molecule has 48 heavy (non-hydrogen) atoms. The SMILES string of the molecule is C[C@H](N)CCCc1cc(Cl)c(F)c(-c2cc3cn(-c4ccc(CN[C@H](CCNC(=N)N)CNc5ccc[nH]c5=O)cc4)c(=O)nc3[nH]2)c1. The average Bonchev–Trinajstić information content (AvgIpc) is 3.46. The number of anilines is 1. The lowest BCUT2D eigenvalue weighted by Gasteiger charge is -2.20. The number of benzene rings is 2. The van der Waals surface area contributed by atoms with Crippen molar-refractivity contribution < 1.29 is 4.39 Å². The number of guanidine groups is 1. The smallest absolute Gasteiger partial charge is 0.354 e. The topological polar surface area (TPSA) is 196 Å². The third kappa shape index (κ3) is 8.88. The Labute approximate surface area is 281 Å². The predicted molar refractivity (Wildman–Crippen MR) is 189 cm³/mol. The van der Waals surface area contributed by atoms with E-state index in [0.29, 0.717) is 66.1 Å². The molecule has 3 aromatic heterocycles. The van der Waals surface area contributed by atoms with Crippen LogP contribution in [0.3, 0.4) is 0 Å². The number of nitrogens with two attached hydrogens (primary N) is 2. The summed E-state index contributed by atoms with van der Waals surface area (Å²) in [5.74, 6) is -0.648. The van der Waals surface area contributed by atoms with Gasteiger partial charge < -0.3 is 37.4 Å². The molecule has 2 aromatic carbocycles. The number of nitrogens with zero attached hydrogens (tertiary/aromatic N) is 2. The number of H-pyrrole nitrogens is 2. The predicted octanol–water partition coefficient (Wildman–Crippen LogP) is 3.97. The van der Waals surface area contributed by atoms with Gasteiger partial charge in [0.2, 0.25) is 0 Å². The maximum absolute atomic E-state index is 15.2. The van der Waals surface area contributed by atoms with E-state index in [0.717, 1.165) is 24.0 Å². The fourth-order valence-electron chi connectivity index (χ4n) is 5.43. The Hall–Kier alpha value is -4.98. The van der Waals surface area contributed by atoms with Gasteiger partial charge in [0.05, 0.1) is 16.4 Å². The van der Waals surface area contributed by atoms with Crippen LogP contribution in [0, 0.1) is 11.2 Å². The van der Waals surface area contributed by atoms with E-state index in [1.165, 1.54) is 4.57 Å². The highest BCUT2D eigenvalue weighted by molar-refractivity contribution is 6.31. The molecule has 0 saturated heterocycles. The van der Waals surface area contributed by atoms with Crippen LogP contribution >= 0.6 is 11.6 Å². The number of aromatic amines is 2. The number of aryl methyl sites for hydroxylation is 1. The molecule has 252 valence electrons. The highest BCUT2D eigenvalue weighted by atomic mass is 35.5. The zero-order valence-corrected chi connectivity index (χ0v) is 27.3. The molecule has 5 aromatic rings. The van der Waals surface area contributed by atoms with Gasteiger partial charge in [0.25, 0.3) is 5.56 Å². The Morgan fingerprint density at radius 1 is 1.12 bits per heavy atom. The van der Waals surface area contributed by atoms with E-state index in [1.807, 2.05) is 31.2 Å².